The third kappa shape index (κ3) is 4.45. The molecule has 0 aromatic carbocycles. The molecule has 2 rings (SSSR count). The highest BCUT2D eigenvalue weighted by molar-refractivity contribution is 9.11. The van der Waals surface area contributed by atoms with E-state index in [1.54, 1.807) is 0 Å². The summed E-state index contributed by atoms with van der Waals surface area (Å²) < 4.78 is 1.10. The highest BCUT2D eigenvalue weighted by atomic mass is 79.9. The highest BCUT2D eigenvalue weighted by Crippen LogP contribution is 2.30. The molecule has 4 heteroatoms. The molecule has 1 heterocycles. The monoisotopic (exact) mass is 340 g/mol. The molecule has 2 aliphatic rings. The average molecular weight is 341 g/mol. The van der Waals surface area contributed by atoms with Crippen molar-refractivity contribution in [1.82, 2.24) is 10.2 Å². The lowest BCUT2D eigenvalue weighted by atomic mass is 9.97. The van der Waals surface area contributed by atoms with Crippen LogP contribution < -0.4 is 5.32 Å². The van der Waals surface area contributed by atoms with Gasteiger partial charge >= 0.3 is 0 Å². The molecular weight excluding hydrogens is 316 g/mol. The lowest BCUT2D eigenvalue weighted by Gasteiger charge is -2.30. The summed E-state index contributed by atoms with van der Waals surface area (Å²) in [5, 5.41) is 3.35. The van der Waals surface area contributed by atoms with Crippen LogP contribution in [-0.4, -0.2) is 36.5 Å². The van der Waals surface area contributed by atoms with Crippen molar-refractivity contribution in [3.63, 3.8) is 0 Å². The SMILES string of the molecule is C/C=C(\C=C(/C)Br)CN(C(=O)[C@@H]1CCCNC1)C1CC1. The average Bonchev–Trinajstić information content (AvgIpc) is 3.27. The Labute approximate surface area is 130 Å². The van der Waals surface area contributed by atoms with Crippen molar-refractivity contribution < 1.29 is 4.79 Å². The van der Waals surface area contributed by atoms with Crippen LogP contribution in [0.2, 0.25) is 0 Å². The lowest BCUT2D eigenvalue weighted by Crippen LogP contribution is -2.44. The largest absolute Gasteiger partial charge is 0.335 e. The molecule has 1 aliphatic carbocycles. The van der Waals surface area contributed by atoms with Crippen LogP contribution in [0.15, 0.2) is 22.2 Å². The number of rotatable bonds is 5. The smallest absolute Gasteiger partial charge is 0.227 e. The number of nitrogens with zero attached hydrogens (tertiary/aromatic N) is 1. The maximum Gasteiger partial charge on any atom is 0.227 e. The molecule has 1 saturated heterocycles. The predicted octanol–water partition coefficient (Wildman–Crippen LogP) is 3.22. The minimum absolute atomic E-state index is 0.177. The van der Waals surface area contributed by atoms with E-state index in [9.17, 15) is 4.79 Å². The van der Waals surface area contributed by atoms with E-state index < -0.39 is 0 Å². The van der Waals surface area contributed by atoms with Gasteiger partial charge in [0.1, 0.15) is 0 Å². The van der Waals surface area contributed by atoms with Crippen LogP contribution in [0.1, 0.15) is 39.5 Å². The Kier molecular flexibility index (Phi) is 5.85. The number of hydrogen-bond acceptors (Lipinski definition) is 2. The Morgan fingerprint density at radius 1 is 1.40 bits per heavy atom. The summed E-state index contributed by atoms with van der Waals surface area (Å²) in [7, 11) is 0. The number of nitrogens with one attached hydrogen (secondary N) is 1. The van der Waals surface area contributed by atoms with Gasteiger partial charge < -0.3 is 10.2 Å². The molecule has 2 fully saturated rings. The summed E-state index contributed by atoms with van der Waals surface area (Å²) in [6, 6.07) is 0.475. The first-order valence-electron chi connectivity index (χ1n) is 7.62. The van der Waals surface area contributed by atoms with Gasteiger partial charge in [-0.2, -0.15) is 0 Å². The van der Waals surface area contributed by atoms with Crippen molar-refractivity contribution >= 4 is 21.8 Å². The van der Waals surface area contributed by atoms with Crippen molar-refractivity contribution in [1.29, 1.82) is 0 Å². The summed E-state index contributed by atoms with van der Waals surface area (Å²) in [6.07, 6.45) is 8.70. The van der Waals surface area contributed by atoms with E-state index in [-0.39, 0.29) is 5.92 Å². The van der Waals surface area contributed by atoms with Crippen molar-refractivity contribution in [2.24, 2.45) is 5.92 Å². The standard InChI is InChI=1S/C16H25BrN2O/c1-3-13(9-12(2)17)11-19(15-6-7-15)16(20)14-5-4-8-18-10-14/h3,9,14-15,18H,4-8,10-11H2,1-2H3/b12-9+,13-3+/t14-/m1/s1. The van der Waals surface area contributed by atoms with E-state index in [2.05, 4.69) is 38.3 Å². The molecule has 20 heavy (non-hydrogen) atoms. The van der Waals surface area contributed by atoms with Crippen LogP contribution in [0, 0.1) is 5.92 Å². The second-order valence-corrected chi connectivity index (χ2v) is 7.09. The Hall–Kier alpha value is -0.610. The second-order valence-electron chi connectivity index (χ2n) is 5.84. The molecule has 0 bridgehead atoms. The second kappa shape index (κ2) is 7.41. The third-order valence-corrected chi connectivity index (χ3v) is 4.25. The fourth-order valence-electron chi connectivity index (χ4n) is 2.74. The summed E-state index contributed by atoms with van der Waals surface area (Å²) in [5.74, 6) is 0.524. The van der Waals surface area contributed by atoms with Crippen LogP contribution in [0.3, 0.4) is 0 Å². The summed E-state index contributed by atoms with van der Waals surface area (Å²) >= 11 is 3.48. The van der Waals surface area contributed by atoms with Gasteiger partial charge in [-0.05, 0) is 62.2 Å². The van der Waals surface area contributed by atoms with Crippen LogP contribution in [-0.2, 0) is 4.79 Å². The number of piperidine rings is 1. The summed E-state index contributed by atoms with van der Waals surface area (Å²) in [4.78, 5) is 14.9. The number of carbonyl (C=O) groups is 1. The third-order valence-electron chi connectivity index (χ3n) is 4.02. The Bertz CT molecular complexity index is 403. The van der Waals surface area contributed by atoms with Gasteiger partial charge in [-0.1, -0.05) is 22.0 Å². The zero-order valence-electron chi connectivity index (χ0n) is 12.5. The minimum Gasteiger partial charge on any atom is -0.335 e. The molecule has 1 atom stereocenters. The van der Waals surface area contributed by atoms with Crippen LogP contribution in [0.25, 0.3) is 0 Å². The predicted molar refractivity (Wildman–Crippen MR) is 86.8 cm³/mol. The fourth-order valence-corrected chi connectivity index (χ4v) is 3.04. The first-order valence-corrected chi connectivity index (χ1v) is 8.41. The van der Waals surface area contributed by atoms with Gasteiger partial charge in [-0.25, -0.2) is 0 Å². The molecule has 0 unspecified atom stereocenters. The van der Waals surface area contributed by atoms with Crippen molar-refractivity contribution in [3.8, 4) is 0 Å². The molecule has 0 aromatic heterocycles. The summed E-state index contributed by atoms with van der Waals surface area (Å²) in [5.41, 5.74) is 1.21. The first-order chi connectivity index (χ1) is 9.61. The summed E-state index contributed by atoms with van der Waals surface area (Å²) in [6.45, 7) is 6.72. The molecule has 1 N–H and O–H groups in total. The van der Waals surface area contributed by atoms with E-state index in [0.29, 0.717) is 11.9 Å². The van der Waals surface area contributed by atoms with E-state index >= 15 is 0 Å². The van der Waals surface area contributed by atoms with Gasteiger partial charge in [0.25, 0.3) is 0 Å². The molecule has 0 spiro atoms. The molecule has 1 amide bonds. The molecule has 112 valence electrons. The number of allylic oxidation sites excluding steroid dienone is 2. The minimum atomic E-state index is 0.177. The Morgan fingerprint density at radius 3 is 2.65 bits per heavy atom. The maximum atomic E-state index is 12.7. The molecule has 1 aliphatic heterocycles. The van der Waals surface area contributed by atoms with Gasteiger partial charge in [0.05, 0.1) is 5.92 Å². The van der Waals surface area contributed by atoms with Crippen LogP contribution in [0.4, 0.5) is 0 Å². The van der Waals surface area contributed by atoms with Crippen molar-refractivity contribution in [2.45, 2.75) is 45.6 Å². The molecule has 0 aromatic rings. The fraction of sp³-hybridized carbons (Fsp3) is 0.688. The van der Waals surface area contributed by atoms with E-state index in [4.69, 9.17) is 0 Å². The van der Waals surface area contributed by atoms with E-state index in [1.165, 1.54) is 18.4 Å². The quantitative estimate of drug-likeness (QED) is 0.779. The van der Waals surface area contributed by atoms with Crippen molar-refractivity contribution in [3.05, 3.63) is 22.2 Å². The molecule has 0 radical (unpaired) electrons. The van der Waals surface area contributed by atoms with Gasteiger partial charge in [0.15, 0.2) is 0 Å². The maximum absolute atomic E-state index is 12.7. The lowest BCUT2D eigenvalue weighted by molar-refractivity contribution is -0.136. The normalized spacial score (nSPS) is 24.6. The van der Waals surface area contributed by atoms with E-state index in [1.807, 2.05) is 13.8 Å². The molecule has 1 saturated carbocycles. The molecule has 3 nitrogen and oxygen atoms in total. The number of hydrogen-bond donors (Lipinski definition) is 1. The molecular formula is C16H25BrN2O. The number of halogens is 1. The van der Waals surface area contributed by atoms with E-state index in [0.717, 1.165) is 37.0 Å². The van der Waals surface area contributed by atoms with Gasteiger partial charge in [0.2, 0.25) is 5.91 Å². The van der Waals surface area contributed by atoms with Crippen LogP contribution in [0.5, 0.6) is 0 Å². The number of amides is 1. The van der Waals surface area contributed by atoms with Crippen molar-refractivity contribution in [2.75, 3.05) is 19.6 Å². The van der Waals surface area contributed by atoms with Gasteiger partial charge in [-0.3, -0.25) is 4.79 Å². The number of carbonyl (C=O) groups excluding carboxylic acids is 1. The first kappa shape index (κ1) is 15.8. The Balaban J connectivity index is 2.03. The zero-order chi connectivity index (χ0) is 14.5. The zero-order valence-corrected chi connectivity index (χ0v) is 14.1. The van der Waals surface area contributed by atoms with Crippen LogP contribution >= 0.6 is 15.9 Å². The topological polar surface area (TPSA) is 32.3 Å². The Morgan fingerprint density at radius 2 is 2.15 bits per heavy atom. The van der Waals surface area contributed by atoms with Gasteiger partial charge in [0, 0.05) is 19.1 Å². The van der Waals surface area contributed by atoms with Gasteiger partial charge in [-0.15, -0.1) is 0 Å². The highest BCUT2D eigenvalue weighted by Gasteiger charge is 2.36.